The Morgan fingerprint density at radius 2 is 2.00 bits per heavy atom. The lowest BCUT2D eigenvalue weighted by molar-refractivity contribution is -0.133. The van der Waals surface area contributed by atoms with Gasteiger partial charge in [-0.25, -0.2) is 4.39 Å². The molecule has 0 spiro atoms. The number of carbonyl (C=O) groups is 1. The number of ether oxygens (including phenoxy) is 1. The minimum absolute atomic E-state index is 0.0498. The number of para-hydroxylation sites is 1. The van der Waals surface area contributed by atoms with E-state index in [0.717, 1.165) is 22.9 Å². The minimum Gasteiger partial charge on any atom is -0.490 e. The third kappa shape index (κ3) is 4.57. The van der Waals surface area contributed by atoms with Crippen LogP contribution in [-0.4, -0.2) is 23.5 Å². The van der Waals surface area contributed by atoms with Crippen molar-refractivity contribution < 1.29 is 13.9 Å². The van der Waals surface area contributed by atoms with E-state index in [1.54, 1.807) is 18.2 Å². The van der Waals surface area contributed by atoms with Crippen LogP contribution in [0.2, 0.25) is 0 Å². The number of rotatable bonds is 7. The van der Waals surface area contributed by atoms with Crippen LogP contribution in [0, 0.1) is 5.82 Å². The summed E-state index contributed by atoms with van der Waals surface area (Å²) < 4.78 is 19.9. The molecule has 2 aromatic carbocycles. The predicted octanol–water partition coefficient (Wildman–Crippen LogP) is 4.55. The second-order valence-electron chi connectivity index (χ2n) is 5.91. The minimum atomic E-state index is -0.405. The molecule has 126 valence electrons. The normalized spacial score (nSPS) is 13.6. The van der Waals surface area contributed by atoms with Crippen LogP contribution in [0.4, 0.5) is 4.39 Å². The Bertz CT molecular complexity index is 718. The maximum absolute atomic E-state index is 13.5. The first-order chi connectivity index (χ1) is 11.6. The van der Waals surface area contributed by atoms with E-state index in [-0.39, 0.29) is 24.7 Å². The van der Waals surface area contributed by atoms with Crippen molar-refractivity contribution in [3.8, 4) is 5.75 Å². The van der Waals surface area contributed by atoms with Crippen molar-refractivity contribution in [3.63, 3.8) is 0 Å². The number of nitrogens with zero attached hydrogens (tertiary/aromatic N) is 1. The highest BCUT2D eigenvalue weighted by Gasteiger charge is 2.32. The molecule has 0 radical (unpaired) electrons. The van der Waals surface area contributed by atoms with Crippen LogP contribution in [0.3, 0.4) is 0 Å². The van der Waals surface area contributed by atoms with Crippen LogP contribution >= 0.6 is 15.9 Å². The van der Waals surface area contributed by atoms with Gasteiger partial charge >= 0.3 is 0 Å². The standard InChI is InChI=1S/C19H19BrFNO2/c20-15-5-3-4-14(12-15)13-22(16-8-9-16)19(23)10-11-24-18-7-2-1-6-17(18)21/h1-7,12,16H,8-11,13H2. The third-order valence-corrected chi connectivity index (χ3v) is 4.45. The lowest BCUT2D eigenvalue weighted by Gasteiger charge is -2.23. The largest absolute Gasteiger partial charge is 0.490 e. The van der Waals surface area contributed by atoms with E-state index in [9.17, 15) is 9.18 Å². The molecule has 0 heterocycles. The highest BCUT2D eigenvalue weighted by atomic mass is 79.9. The van der Waals surface area contributed by atoms with E-state index in [1.807, 2.05) is 29.2 Å². The average molecular weight is 392 g/mol. The van der Waals surface area contributed by atoms with Gasteiger partial charge in [0.1, 0.15) is 0 Å². The first-order valence-corrected chi connectivity index (χ1v) is 8.84. The monoisotopic (exact) mass is 391 g/mol. The second kappa shape index (κ2) is 7.79. The number of hydrogen-bond donors (Lipinski definition) is 0. The van der Waals surface area contributed by atoms with Crippen molar-refractivity contribution in [2.75, 3.05) is 6.61 Å². The van der Waals surface area contributed by atoms with Crippen molar-refractivity contribution in [1.29, 1.82) is 0 Å². The third-order valence-electron chi connectivity index (χ3n) is 3.96. The number of carbonyl (C=O) groups excluding carboxylic acids is 1. The average Bonchev–Trinajstić information content (AvgIpc) is 3.39. The SMILES string of the molecule is O=C(CCOc1ccccc1F)N(Cc1cccc(Br)c1)C1CC1. The van der Waals surface area contributed by atoms with Crippen molar-refractivity contribution in [2.45, 2.75) is 31.8 Å². The summed E-state index contributed by atoms with van der Waals surface area (Å²) in [5.41, 5.74) is 1.10. The Balaban J connectivity index is 1.56. The lowest BCUT2D eigenvalue weighted by Crippen LogP contribution is -2.33. The first kappa shape index (κ1) is 17.0. The quantitative estimate of drug-likeness (QED) is 0.692. The van der Waals surface area contributed by atoms with Crippen molar-refractivity contribution in [3.05, 3.63) is 64.4 Å². The van der Waals surface area contributed by atoms with E-state index >= 15 is 0 Å². The van der Waals surface area contributed by atoms with Crippen molar-refractivity contribution >= 4 is 21.8 Å². The van der Waals surface area contributed by atoms with Crippen LogP contribution < -0.4 is 4.74 Å². The molecule has 3 rings (SSSR count). The molecule has 0 unspecified atom stereocenters. The lowest BCUT2D eigenvalue weighted by atomic mass is 10.2. The number of benzene rings is 2. The zero-order chi connectivity index (χ0) is 16.9. The second-order valence-corrected chi connectivity index (χ2v) is 6.83. The van der Waals surface area contributed by atoms with Gasteiger partial charge < -0.3 is 9.64 Å². The number of hydrogen-bond acceptors (Lipinski definition) is 2. The van der Waals surface area contributed by atoms with Gasteiger partial charge in [0.25, 0.3) is 0 Å². The van der Waals surface area contributed by atoms with E-state index in [0.29, 0.717) is 12.6 Å². The van der Waals surface area contributed by atoms with Gasteiger partial charge in [0, 0.05) is 17.1 Å². The summed E-state index contributed by atoms with van der Waals surface area (Å²) in [5, 5.41) is 0. The predicted molar refractivity (Wildman–Crippen MR) is 94.2 cm³/mol. The molecule has 0 aliphatic heterocycles. The molecule has 0 aromatic heterocycles. The van der Waals surface area contributed by atoms with E-state index in [2.05, 4.69) is 15.9 Å². The van der Waals surface area contributed by atoms with E-state index in [1.165, 1.54) is 6.07 Å². The topological polar surface area (TPSA) is 29.5 Å². The Hall–Kier alpha value is -1.88. The summed E-state index contributed by atoms with van der Waals surface area (Å²) >= 11 is 3.46. The molecule has 0 bridgehead atoms. The molecule has 1 saturated carbocycles. The Kier molecular flexibility index (Phi) is 5.51. The van der Waals surface area contributed by atoms with Crippen LogP contribution in [0.25, 0.3) is 0 Å². The van der Waals surface area contributed by atoms with E-state index in [4.69, 9.17) is 4.74 Å². The highest BCUT2D eigenvalue weighted by Crippen LogP contribution is 2.29. The molecule has 3 nitrogen and oxygen atoms in total. The van der Waals surface area contributed by atoms with Crippen LogP contribution in [-0.2, 0) is 11.3 Å². The smallest absolute Gasteiger partial charge is 0.226 e. The van der Waals surface area contributed by atoms with Gasteiger partial charge in [0.05, 0.1) is 13.0 Å². The summed E-state index contributed by atoms with van der Waals surface area (Å²) in [6.45, 7) is 0.782. The fraction of sp³-hybridized carbons (Fsp3) is 0.316. The summed E-state index contributed by atoms with van der Waals surface area (Å²) in [6.07, 6.45) is 2.35. The number of halogens is 2. The van der Waals surface area contributed by atoms with Gasteiger partial charge in [-0.1, -0.05) is 40.2 Å². The molecule has 0 atom stereocenters. The molecule has 0 N–H and O–H groups in total. The van der Waals surface area contributed by atoms with Crippen molar-refractivity contribution in [2.24, 2.45) is 0 Å². The molecule has 1 aliphatic carbocycles. The molecular weight excluding hydrogens is 373 g/mol. The Labute approximate surface area is 149 Å². The van der Waals surface area contributed by atoms with Gasteiger partial charge in [0.15, 0.2) is 11.6 Å². The molecule has 0 saturated heterocycles. The summed E-state index contributed by atoms with van der Waals surface area (Å²) in [7, 11) is 0. The molecule has 1 aliphatic rings. The van der Waals surface area contributed by atoms with E-state index < -0.39 is 5.82 Å². The van der Waals surface area contributed by atoms with Gasteiger partial charge in [-0.15, -0.1) is 0 Å². The summed E-state index contributed by atoms with van der Waals surface area (Å²) in [4.78, 5) is 14.4. The van der Waals surface area contributed by atoms with Crippen LogP contribution in [0.5, 0.6) is 5.75 Å². The molecular formula is C19H19BrFNO2. The Morgan fingerprint density at radius 3 is 2.71 bits per heavy atom. The number of amides is 1. The first-order valence-electron chi connectivity index (χ1n) is 8.05. The van der Waals surface area contributed by atoms with Gasteiger partial charge in [-0.3, -0.25) is 4.79 Å². The fourth-order valence-corrected chi connectivity index (χ4v) is 3.04. The van der Waals surface area contributed by atoms with Crippen LogP contribution in [0.15, 0.2) is 53.0 Å². The fourth-order valence-electron chi connectivity index (χ4n) is 2.59. The molecule has 2 aromatic rings. The van der Waals surface area contributed by atoms with Gasteiger partial charge in [-0.05, 0) is 42.7 Å². The maximum Gasteiger partial charge on any atom is 0.226 e. The summed E-state index contributed by atoms with van der Waals surface area (Å²) in [6, 6.07) is 14.5. The van der Waals surface area contributed by atoms with Gasteiger partial charge in [0.2, 0.25) is 5.91 Å². The highest BCUT2D eigenvalue weighted by molar-refractivity contribution is 9.10. The maximum atomic E-state index is 13.5. The molecule has 24 heavy (non-hydrogen) atoms. The molecule has 1 amide bonds. The van der Waals surface area contributed by atoms with Crippen molar-refractivity contribution in [1.82, 2.24) is 4.90 Å². The van der Waals surface area contributed by atoms with Crippen LogP contribution in [0.1, 0.15) is 24.8 Å². The molecule has 1 fully saturated rings. The molecule has 5 heteroatoms. The zero-order valence-corrected chi connectivity index (χ0v) is 14.8. The summed E-state index contributed by atoms with van der Waals surface area (Å²) in [5.74, 6) is -0.165. The zero-order valence-electron chi connectivity index (χ0n) is 13.3. The van der Waals surface area contributed by atoms with Gasteiger partial charge in [-0.2, -0.15) is 0 Å². The Morgan fingerprint density at radius 1 is 1.21 bits per heavy atom.